The van der Waals surface area contributed by atoms with Gasteiger partial charge in [0.05, 0.1) is 29.4 Å². The first-order valence-electron chi connectivity index (χ1n) is 4.06. The molecule has 0 aromatic heterocycles. The van der Waals surface area contributed by atoms with E-state index in [0.29, 0.717) is 22.2 Å². The average Bonchev–Trinajstić information content (AvgIpc) is 2.16. The molecular formula is C9H10Cl2N2O. The van der Waals surface area contributed by atoms with Crippen LogP contribution in [0.25, 0.3) is 0 Å². The molecule has 0 aliphatic heterocycles. The van der Waals surface area contributed by atoms with Crippen LogP contribution >= 0.6 is 23.2 Å². The van der Waals surface area contributed by atoms with E-state index in [0.717, 1.165) is 0 Å². The zero-order valence-electron chi connectivity index (χ0n) is 7.37. The highest BCUT2D eigenvalue weighted by Crippen LogP contribution is 2.21. The van der Waals surface area contributed by atoms with Crippen molar-refractivity contribution in [3.63, 3.8) is 0 Å². The summed E-state index contributed by atoms with van der Waals surface area (Å²) in [7, 11) is 0. The van der Waals surface area contributed by atoms with Gasteiger partial charge in [-0.3, -0.25) is 0 Å². The lowest BCUT2D eigenvalue weighted by Crippen LogP contribution is -2.11. The number of hydrazone groups is 1. The summed E-state index contributed by atoms with van der Waals surface area (Å²) in [5.41, 5.74) is 3.31. The molecule has 1 aromatic rings. The quantitative estimate of drug-likeness (QED) is 0.474. The molecule has 1 rings (SSSR count). The summed E-state index contributed by atoms with van der Waals surface area (Å²) in [6.07, 6.45) is 1.53. The molecule has 0 atom stereocenters. The van der Waals surface area contributed by atoms with Gasteiger partial charge in [0.25, 0.3) is 0 Å². The maximum absolute atomic E-state index is 8.48. The van der Waals surface area contributed by atoms with E-state index in [-0.39, 0.29) is 6.61 Å². The van der Waals surface area contributed by atoms with Gasteiger partial charge < -0.3 is 10.5 Å². The van der Waals surface area contributed by atoms with Crippen LogP contribution in [0.4, 0.5) is 0 Å². The normalized spacial score (nSPS) is 10.8. The van der Waals surface area contributed by atoms with E-state index in [4.69, 9.17) is 28.3 Å². The van der Waals surface area contributed by atoms with E-state index < -0.39 is 0 Å². The van der Waals surface area contributed by atoms with Crippen LogP contribution in [0.5, 0.6) is 0 Å². The molecule has 0 spiro atoms. The second-order valence-electron chi connectivity index (χ2n) is 2.53. The standard InChI is InChI=1S/C9H10Cl2N2O/c10-8-2-1-3-9(11)7(8)6-13-12-4-5-14/h1-3,6,12,14H,4-5H2/b13-6+. The summed E-state index contributed by atoms with van der Waals surface area (Å²) in [5, 5.41) is 13.4. The molecule has 0 fully saturated rings. The largest absolute Gasteiger partial charge is 0.394 e. The minimum Gasteiger partial charge on any atom is -0.394 e. The van der Waals surface area contributed by atoms with Gasteiger partial charge in [-0.05, 0) is 12.1 Å². The number of benzene rings is 1. The molecule has 0 unspecified atom stereocenters. The van der Waals surface area contributed by atoms with Crippen molar-refractivity contribution in [3.05, 3.63) is 33.8 Å². The predicted octanol–water partition coefficient (Wildman–Crippen LogP) is 1.91. The second-order valence-corrected chi connectivity index (χ2v) is 3.34. The Balaban J connectivity index is 2.70. The Bertz CT molecular complexity index is 308. The van der Waals surface area contributed by atoms with Crippen molar-refractivity contribution >= 4 is 29.4 Å². The molecule has 1 aromatic carbocycles. The highest BCUT2D eigenvalue weighted by atomic mass is 35.5. The molecule has 0 heterocycles. The van der Waals surface area contributed by atoms with Gasteiger partial charge in [0.15, 0.2) is 0 Å². The summed E-state index contributed by atoms with van der Waals surface area (Å²) in [6.45, 7) is 0.437. The minimum absolute atomic E-state index is 0.0353. The number of halogens is 2. The summed E-state index contributed by atoms with van der Waals surface area (Å²) < 4.78 is 0. The Morgan fingerprint density at radius 1 is 1.36 bits per heavy atom. The van der Waals surface area contributed by atoms with E-state index >= 15 is 0 Å². The molecule has 5 heteroatoms. The van der Waals surface area contributed by atoms with Crippen LogP contribution < -0.4 is 5.43 Å². The maximum atomic E-state index is 8.48. The minimum atomic E-state index is 0.0353. The lowest BCUT2D eigenvalue weighted by Gasteiger charge is -2.00. The SMILES string of the molecule is OCCN/N=C/c1c(Cl)cccc1Cl. The van der Waals surface area contributed by atoms with E-state index in [1.54, 1.807) is 18.2 Å². The number of aliphatic hydroxyl groups excluding tert-OH is 1. The van der Waals surface area contributed by atoms with Crippen LogP contribution in [-0.4, -0.2) is 24.5 Å². The first-order valence-corrected chi connectivity index (χ1v) is 4.82. The maximum Gasteiger partial charge on any atom is 0.0620 e. The van der Waals surface area contributed by atoms with Crippen LogP contribution in [-0.2, 0) is 0 Å². The van der Waals surface area contributed by atoms with Crippen LogP contribution in [0.15, 0.2) is 23.3 Å². The summed E-state index contributed by atoms with van der Waals surface area (Å²) >= 11 is 11.8. The van der Waals surface area contributed by atoms with Crippen LogP contribution in [0.1, 0.15) is 5.56 Å². The first-order chi connectivity index (χ1) is 6.75. The molecule has 0 aliphatic carbocycles. The molecule has 76 valence electrons. The number of nitrogens with zero attached hydrogens (tertiary/aromatic N) is 1. The fraction of sp³-hybridized carbons (Fsp3) is 0.222. The van der Waals surface area contributed by atoms with Crippen molar-refractivity contribution < 1.29 is 5.11 Å². The molecule has 0 bridgehead atoms. The van der Waals surface area contributed by atoms with Crippen molar-refractivity contribution in [1.29, 1.82) is 0 Å². The zero-order chi connectivity index (χ0) is 10.4. The third-order valence-corrected chi connectivity index (χ3v) is 2.17. The Morgan fingerprint density at radius 2 is 2.00 bits per heavy atom. The lowest BCUT2D eigenvalue weighted by atomic mass is 10.2. The van der Waals surface area contributed by atoms with Gasteiger partial charge in [0.1, 0.15) is 0 Å². The number of hydrogen-bond acceptors (Lipinski definition) is 3. The molecule has 0 aliphatic rings. The van der Waals surface area contributed by atoms with Gasteiger partial charge in [-0.15, -0.1) is 0 Å². The summed E-state index contributed by atoms with van der Waals surface area (Å²) in [6, 6.07) is 5.24. The highest BCUT2D eigenvalue weighted by molar-refractivity contribution is 6.38. The Kier molecular flexibility index (Phi) is 4.73. The number of aliphatic hydroxyl groups is 1. The highest BCUT2D eigenvalue weighted by Gasteiger charge is 2.01. The smallest absolute Gasteiger partial charge is 0.0620 e. The van der Waals surface area contributed by atoms with Gasteiger partial charge in [0.2, 0.25) is 0 Å². The molecule has 3 nitrogen and oxygen atoms in total. The fourth-order valence-electron chi connectivity index (χ4n) is 0.859. The van der Waals surface area contributed by atoms with Gasteiger partial charge in [-0.1, -0.05) is 29.3 Å². The first kappa shape index (κ1) is 11.3. The fourth-order valence-corrected chi connectivity index (χ4v) is 1.35. The summed E-state index contributed by atoms with van der Waals surface area (Å²) in [4.78, 5) is 0. The molecule has 0 saturated carbocycles. The zero-order valence-corrected chi connectivity index (χ0v) is 8.89. The third kappa shape index (κ3) is 3.18. The molecule has 14 heavy (non-hydrogen) atoms. The lowest BCUT2D eigenvalue weighted by molar-refractivity contribution is 0.294. The third-order valence-electron chi connectivity index (χ3n) is 1.51. The predicted molar refractivity (Wildman–Crippen MR) is 59.1 cm³/mol. The van der Waals surface area contributed by atoms with Crippen molar-refractivity contribution in [2.24, 2.45) is 5.10 Å². The van der Waals surface area contributed by atoms with Crippen LogP contribution in [0.2, 0.25) is 10.0 Å². The molecular weight excluding hydrogens is 223 g/mol. The van der Waals surface area contributed by atoms with Gasteiger partial charge in [-0.25, -0.2) is 0 Å². The van der Waals surface area contributed by atoms with Crippen molar-refractivity contribution in [2.45, 2.75) is 0 Å². The average molecular weight is 233 g/mol. The monoisotopic (exact) mass is 232 g/mol. The molecule has 0 radical (unpaired) electrons. The number of nitrogens with one attached hydrogen (secondary N) is 1. The van der Waals surface area contributed by atoms with E-state index in [1.165, 1.54) is 6.21 Å². The van der Waals surface area contributed by atoms with Crippen molar-refractivity contribution in [2.75, 3.05) is 13.2 Å². The number of hydrogen-bond donors (Lipinski definition) is 2. The molecule has 0 saturated heterocycles. The van der Waals surface area contributed by atoms with Gasteiger partial charge in [0, 0.05) is 5.56 Å². The Hall–Kier alpha value is -0.770. The molecule has 0 amide bonds. The Morgan fingerprint density at radius 3 is 2.57 bits per heavy atom. The van der Waals surface area contributed by atoms with E-state index in [1.807, 2.05) is 0 Å². The van der Waals surface area contributed by atoms with Crippen molar-refractivity contribution in [1.82, 2.24) is 5.43 Å². The van der Waals surface area contributed by atoms with Crippen molar-refractivity contribution in [3.8, 4) is 0 Å². The van der Waals surface area contributed by atoms with Gasteiger partial charge in [-0.2, -0.15) is 5.10 Å². The summed E-state index contributed by atoms with van der Waals surface area (Å²) in [5.74, 6) is 0. The van der Waals surface area contributed by atoms with Crippen LogP contribution in [0, 0.1) is 0 Å². The van der Waals surface area contributed by atoms with E-state index in [2.05, 4.69) is 10.5 Å². The second kappa shape index (κ2) is 5.86. The van der Waals surface area contributed by atoms with Gasteiger partial charge >= 0.3 is 0 Å². The van der Waals surface area contributed by atoms with E-state index in [9.17, 15) is 0 Å². The van der Waals surface area contributed by atoms with Crippen LogP contribution in [0.3, 0.4) is 0 Å². The topological polar surface area (TPSA) is 44.6 Å². The number of rotatable bonds is 4. The molecule has 2 N–H and O–H groups in total. The Labute approximate surface area is 92.3 Å².